The van der Waals surface area contributed by atoms with E-state index in [0.29, 0.717) is 22.4 Å². The average Bonchev–Trinajstić information content (AvgIpc) is 2.98. The molecule has 0 unspecified atom stereocenters. The van der Waals surface area contributed by atoms with Crippen LogP contribution in [0.3, 0.4) is 0 Å². The van der Waals surface area contributed by atoms with E-state index < -0.39 is 5.97 Å². The number of carbonyl (C=O) groups is 1. The molecular formula is C18H16NO5S-. The number of phenolic OH excluding ortho intramolecular Hbond substituents is 1. The van der Waals surface area contributed by atoms with Gasteiger partial charge in [0.2, 0.25) is 5.43 Å². The van der Waals surface area contributed by atoms with Gasteiger partial charge in [0.05, 0.1) is 10.9 Å². The fourth-order valence-corrected chi connectivity index (χ4v) is 3.54. The Morgan fingerprint density at radius 1 is 1.40 bits per heavy atom. The second-order valence-electron chi connectivity index (χ2n) is 5.73. The van der Waals surface area contributed by atoms with Crippen molar-refractivity contribution < 1.29 is 19.4 Å². The SMILES string of the molecule is CCc1cc2c(=O)c(-c3nc(C)cs3)c(CCC(=O)[O-])oc2cc1O. The maximum absolute atomic E-state index is 13.0. The molecule has 7 heteroatoms. The van der Waals surface area contributed by atoms with Crippen molar-refractivity contribution in [2.75, 3.05) is 0 Å². The Hall–Kier alpha value is -2.67. The van der Waals surface area contributed by atoms with E-state index >= 15 is 0 Å². The average molecular weight is 358 g/mol. The number of fused-ring (bicyclic) bond motifs is 1. The molecule has 0 bridgehead atoms. The van der Waals surface area contributed by atoms with Crippen LogP contribution in [0.4, 0.5) is 0 Å². The van der Waals surface area contributed by atoms with Crippen molar-refractivity contribution in [1.82, 2.24) is 4.98 Å². The number of carboxylic acids is 1. The number of aromatic nitrogens is 1. The lowest BCUT2D eigenvalue weighted by Gasteiger charge is -2.10. The van der Waals surface area contributed by atoms with Gasteiger partial charge in [-0.25, -0.2) is 4.98 Å². The summed E-state index contributed by atoms with van der Waals surface area (Å²) in [4.78, 5) is 28.2. The number of phenols is 1. The summed E-state index contributed by atoms with van der Waals surface area (Å²) in [5, 5.41) is 23.5. The minimum atomic E-state index is -1.23. The number of hydrogen-bond donors (Lipinski definition) is 1. The molecule has 2 aromatic heterocycles. The Morgan fingerprint density at radius 3 is 2.76 bits per heavy atom. The molecule has 0 saturated heterocycles. The maximum atomic E-state index is 13.0. The van der Waals surface area contributed by atoms with E-state index in [4.69, 9.17) is 4.42 Å². The summed E-state index contributed by atoms with van der Waals surface area (Å²) in [6.07, 6.45) is 0.307. The van der Waals surface area contributed by atoms with Crippen LogP contribution in [0.15, 0.2) is 26.7 Å². The first-order valence-corrected chi connectivity index (χ1v) is 8.72. The zero-order valence-electron chi connectivity index (χ0n) is 13.8. The molecule has 0 radical (unpaired) electrons. The van der Waals surface area contributed by atoms with Gasteiger partial charge < -0.3 is 19.4 Å². The zero-order valence-corrected chi connectivity index (χ0v) is 14.6. The van der Waals surface area contributed by atoms with Crippen molar-refractivity contribution in [1.29, 1.82) is 0 Å². The number of thiazole rings is 1. The fourth-order valence-electron chi connectivity index (χ4n) is 2.68. The van der Waals surface area contributed by atoms with E-state index in [-0.39, 0.29) is 40.9 Å². The number of benzene rings is 1. The van der Waals surface area contributed by atoms with Gasteiger partial charge in [-0.1, -0.05) is 6.92 Å². The van der Waals surface area contributed by atoms with Crippen molar-refractivity contribution >= 4 is 28.3 Å². The number of nitrogens with zero attached hydrogens (tertiary/aromatic N) is 1. The molecule has 3 rings (SSSR count). The molecule has 0 aliphatic rings. The third kappa shape index (κ3) is 3.28. The van der Waals surface area contributed by atoms with Gasteiger partial charge in [0.15, 0.2) is 0 Å². The first-order chi connectivity index (χ1) is 11.9. The van der Waals surface area contributed by atoms with Crippen LogP contribution < -0.4 is 10.5 Å². The number of aryl methyl sites for hydroxylation is 3. The quantitative estimate of drug-likeness (QED) is 0.750. The fraction of sp³-hybridized carbons (Fsp3) is 0.278. The molecule has 1 aromatic carbocycles. The van der Waals surface area contributed by atoms with Crippen LogP contribution in [0.25, 0.3) is 21.5 Å². The minimum Gasteiger partial charge on any atom is -0.550 e. The first-order valence-electron chi connectivity index (χ1n) is 7.84. The minimum absolute atomic E-state index is 0.0117. The lowest BCUT2D eigenvalue weighted by molar-refractivity contribution is -0.305. The van der Waals surface area contributed by atoms with Gasteiger partial charge in [0.1, 0.15) is 22.1 Å². The standard InChI is InChI=1S/C18H17NO5S/c1-3-10-6-11-14(7-12(10)20)24-13(4-5-15(21)22)16(17(11)23)18-19-9(2)8-25-18/h6-8,20H,3-5H2,1-2H3,(H,21,22)/p-1. The number of rotatable bonds is 5. The Morgan fingerprint density at radius 2 is 2.16 bits per heavy atom. The number of hydrogen-bond acceptors (Lipinski definition) is 7. The maximum Gasteiger partial charge on any atom is 0.203 e. The van der Waals surface area contributed by atoms with Crippen molar-refractivity contribution in [3.63, 3.8) is 0 Å². The molecule has 130 valence electrons. The summed E-state index contributed by atoms with van der Waals surface area (Å²) < 4.78 is 5.78. The van der Waals surface area contributed by atoms with E-state index in [1.807, 2.05) is 19.2 Å². The molecule has 0 aliphatic carbocycles. The molecule has 2 heterocycles. The molecule has 0 atom stereocenters. The van der Waals surface area contributed by atoms with E-state index in [0.717, 1.165) is 5.69 Å². The second-order valence-corrected chi connectivity index (χ2v) is 6.58. The van der Waals surface area contributed by atoms with Crippen LogP contribution in [-0.2, 0) is 17.6 Å². The molecule has 0 spiro atoms. The molecular weight excluding hydrogens is 342 g/mol. The molecule has 0 amide bonds. The highest BCUT2D eigenvalue weighted by Gasteiger charge is 2.20. The normalized spacial score (nSPS) is 11.1. The Labute approximate surface area is 147 Å². The molecule has 0 saturated carbocycles. The molecule has 0 aliphatic heterocycles. The van der Waals surface area contributed by atoms with Gasteiger partial charge in [-0.05, 0) is 31.4 Å². The monoisotopic (exact) mass is 358 g/mol. The topological polar surface area (TPSA) is 103 Å². The number of carbonyl (C=O) groups excluding carboxylic acids is 1. The predicted octanol–water partition coefficient (Wildman–Crippen LogP) is 2.18. The third-order valence-corrected chi connectivity index (χ3v) is 4.91. The van der Waals surface area contributed by atoms with Gasteiger partial charge in [0, 0.05) is 29.5 Å². The Balaban J connectivity index is 2.30. The van der Waals surface area contributed by atoms with Crippen LogP contribution >= 0.6 is 11.3 Å². The van der Waals surface area contributed by atoms with E-state index in [1.54, 1.807) is 6.07 Å². The lowest BCUT2D eigenvalue weighted by Crippen LogP contribution is -2.23. The van der Waals surface area contributed by atoms with Crippen LogP contribution in [0.2, 0.25) is 0 Å². The Kier molecular flexibility index (Phi) is 4.59. The van der Waals surface area contributed by atoms with Gasteiger partial charge in [-0.15, -0.1) is 11.3 Å². The third-order valence-electron chi connectivity index (χ3n) is 3.93. The van der Waals surface area contributed by atoms with Crippen molar-refractivity contribution in [3.8, 4) is 16.3 Å². The Bertz CT molecular complexity index is 1020. The summed E-state index contributed by atoms with van der Waals surface area (Å²) >= 11 is 1.30. The van der Waals surface area contributed by atoms with Crippen molar-refractivity contribution in [2.24, 2.45) is 0 Å². The van der Waals surface area contributed by atoms with Crippen LogP contribution in [0.5, 0.6) is 5.75 Å². The molecule has 1 N–H and O–H groups in total. The van der Waals surface area contributed by atoms with E-state index in [2.05, 4.69) is 4.98 Å². The summed E-state index contributed by atoms with van der Waals surface area (Å²) in [7, 11) is 0. The highest BCUT2D eigenvalue weighted by Crippen LogP contribution is 2.31. The first kappa shape index (κ1) is 17.2. The lowest BCUT2D eigenvalue weighted by atomic mass is 10.0. The van der Waals surface area contributed by atoms with Crippen molar-refractivity contribution in [3.05, 3.63) is 44.8 Å². The summed E-state index contributed by atoms with van der Waals surface area (Å²) in [6, 6.07) is 3.01. The molecule has 25 heavy (non-hydrogen) atoms. The van der Waals surface area contributed by atoms with Gasteiger partial charge in [0.25, 0.3) is 0 Å². The van der Waals surface area contributed by atoms with E-state index in [9.17, 15) is 19.8 Å². The van der Waals surface area contributed by atoms with Gasteiger partial charge in [-0.3, -0.25) is 4.79 Å². The van der Waals surface area contributed by atoms with Crippen LogP contribution in [0, 0.1) is 6.92 Å². The largest absolute Gasteiger partial charge is 0.550 e. The van der Waals surface area contributed by atoms with Crippen LogP contribution in [0.1, 0.15) is 30.4 Å². The number of aliphatic carboxylic acids is 1. The summed E-state index contributed by atoms with van der Waals surface area (Å²) in [6.45, 7) is 3.69. The smallest absolute Gasteiger partial charge is 0.203 e. The van der Waals surface area contributed by atoms with Gasteiger partial charge >= 0.3 is 0 Å². The molecule has 0 fully saturated rings. The summed E-state index contributed by atoms with van der Waals surface area (Å²) in [5.41, 5.74) is 1.64. The highest BCUT2D eigenvalue weighted by molar-refractivity contribution is 7.13. The van der Waals surface area contributed by atoms with E-state index in [1.165, 1.54) is 17.4 Å². The summed E-state index contributed by atoms with van der Waals surface area (Å²) in [5.74, 6) is -0.949. The highest BCUT2D eigenvalue weighted by atomic mass is 32.1. The number of aromatic hydroxyl groups is 1. The second kappa shape index (κ2) is 6.68. The predicted molar refractivity (Wildman–Crippen MR) is 92.7 cm³/mol. The molecule has 6 nitrogen and oxygen atoms in total. The molecule has 3 aromatic rings. The van der Waals surface area contributed by atoms with Crippen molar-refractivity contribution in [2.45, 2.75) is 33.1 Å². The van der Waals surface area contributed by atoms with Crippen LogP contribution in [-0.4, -0.2) is 16.1 Å². The van der Waals surface area contributed by atoms with Gasteiger partial charge in [-0.2, -0.15) is 0 Å². The number of carboxylic acid groups (broad SMARTS) is 1. The zero-order chi connectivity index (χ0) is 18.1.